The van der Waals surface area contributed by atoms with Gasteiger partial charge in [-0.05, 0) is 99.2 Å². The highest BCUT2D eigenvalue weighted by molar-refractivity contribution is 6.11. The Balaban J connectivity index is 0.857. The zero-order chi connectivity index (χ0) is 36.6. The molecule has 5 aromatic rings. The Hall–Kier alpha value is -4.48. The van der Waals surface area contributed by atoms with Gasteiger partial charge < -0.3 is 23.8 Å². The van der Waals surface area contributed by atoms with E-state index in [1.165, 1.54) is 23.8 Å². The standard InChI is InChI=1S/C41H42F4N2O5/c1-40(2)14-13-27-20-30-32(41(43,44)45)23-37(49)52-36(30)24-34(27)47(40)15-17-51-19-18-50-16-4-3-6-25-9-11-26(12-10-25)39-29-7-5-8-35(48)31-21-28(42)22-33(46-39)38(29)31/h9-12,20-24,46H,3-8,13-19H2,1-2H3. The molecule has 0 saturated carbocycles. The first kappa shape index (κ1) is 35.9. The molecule has 0 saturated heterocycles. The van der Waals surface area contributed by atoms with Crippen molar-refractivity contribution in [1.29, 1.82) is 0 Å². The second kappa shape index (κ2) is 14.5. The number of carbonyl (C=O) groups is 1. The number of hydrogen-bond acceptors (Lipinski definition) is 6. The second-order valence-electron chi connectivity index (χ2n) is 14.4. The summed E-state index contributed by atoms with van der Waals surface area (Å²) in [6.07, 6.45) is 1.43. The maximum Gasteiger partial charge on any atom is 0.417 e. The van der Waals surface area contributed by atoms with Crippen LogP contribution in [0.15, 0.2) is 63.8 Å². The van der Waals surface area contributed by atoms with Gasteiger partial charge in [0.05, 0.1) is 25.4 Å². The lowest BCUT2D eigenvalue weighted by atomic mass is 9.86. The summed E-state index contributed by atoms with van der Waals surface area (Å²) in [5.74, 6) is -0.408. The van der Waals surface area contributed by atoms with Gasteiger partial charge in [0.1, 0.15) is 11.4 Å². The molecular formula is C41H42F4N2O5. The van der Waals surface area contributed by atoms with E-state index < -0.39 is 23.2 Å². The minimum Gasteiger partial charge on any atom is -0.423 e. The third-order valence-electron chi connectivity index (χ3n) is 10.5. The Morgan fingerprint density at radius 1 is 0.904 bits per heavy atom. The number of fused-ring (bicyclic) bond motifs is 2. The number of nitrogens with one attached hydrogen (secondary N) is 1. The molecule has 0 amide bonds. The summed E-state index contributed by atoms with van der Waals surface area (Å²) < 4.78 is 72.1. The summed E-state index contributed by atoms with van der Waals surface area (Å²) >= 11 is 0. The Labute approximate surface area is 298 Å². The summed E-state index contributed by atoms with van der Waals surface area (Å²) in [5, 5.41) is 0.751. The maximum atomic E-state index is 14.3. The summed E-state index contributed by atoms with van der Waals surface area (Å²) in [6, 6.07) is 14.8. The van der Waals surface area contributed by atoms with Crippen LogP contribution in [0, 0.1) is 5.82 Å². The number of benzene rings is 3. The van der Waals surface area contributed by atoms with Gasteiger partial charge in [0.15, 0.2) is 5.78 Å². The predicted octanol–water partition coefficient (Wildman–Crippen LogP) is 9.21. The van der Waals surface area contributed by atoms with Gasteiger partial charge in [-0.2, -0.15) is 13.2 Å². The first-order valence-electron chi connectivity index (χ1n) is 18.0. The van der Waals surface area contributed by atoms with E-state index in [1.54, 1.807) is 6.07 Å². The smallest absolute Gasteiger partial charge is 0.417 e. The quantitative estimate of drug-likeness (QED) is 0.0787. The highest BCUT2D eigenvalue weighted by Crippen LogP contribution is 2.42. The second-order valence-corrected chi connectivity index (χ2v) is 14.4. The third-order valence-corrected chi connectivity index (χ3v) is 10.5. The monoisotopic (exact) mass is 718 g/mol. The minimum absolute atomic E-state index is 0.00420. The van der Waals surface area contributed by atoms with Crippen molar-refractivity contribution in [1.82, 2.24) is 4.98 Å². The fraction of sp³-hybridized carbons (Fsp3) is 0.415. The average molecular weight is 719 g/mol. The van der Waals surface area contributed by atoms with E-state index in [9.17, 15) is 27.2 Å². The molecule has 0 bridgehead atoms. The van der Waals surface area contributed by atoms with Gasteiger partial charge in [-0.1, -0.05) is 24.3 Å². The SMILES string of the molecule is CC1(C)CCc2cc3c(C(F)(F)F)cc(=O)oc3cc2N1CCOCCOCCCCc1ccc(-c2[nH]c3cc(F)cc4c3c2CCCC4=O)cc1. The normalized spacial score (nSPS) is 15.7. The molecule has 1 aliphatic heterocycles. The lowest BCUT2D eigenvalue weighted by Crippen LogP contribution is -2.49. The van der Waals surface area contributed by atoms with Crippen molar-refractivity contribution in [2.24, 2.45) is 0 Å². The van der Waals surface area contributed by atoms with Gasteiger partial charge in [0.25, 0.3) is 0 Å². The van der Waals surface area contributed by atoms with Gasteiger partial charge >= 0.3 is 11.8 Å². The zero-order valence-corrected chi connectivity index (χ0v) is 29.4. The fourth-order valence-corrected chi connectivity index (χ4v) is 7.74. The van der Waals surface area contributed by atoms with E-state index in [0.717, 1.165) is 72.0 Å². The van der Waals surface area contributed by atoms with E-state index in [4.69, 9.17) is 13.9 Å². The number of H-pyrrole nitrogens is 1. The number of carbonyl (C=O) groups excluding carboxylic acids is 1. The molecule has 0 atom stereocenters. The molecule has 3 heterocycles. The number of aromatic nitrogens is 1. The molecule has 0 spiro atoms. The van der Waals surface area contributed by atoms with Crippen molar-refractivity contribution in [3.8, 4) is 11.3 Å². The van der Waals surface area contributed by atoms with Crippen molar-refractivity contribution in [3.63, 3.8) is 0 Å². The molecule has 7 nitrogen and oxygen atoms in total. The van der Waals surface area contributed by atoms with Gasteiger partial charge in [-0.3, -0.25) is 4.79 Å². The molecule has 7 rings (SSSR count). The van der Waals surface area contributed by atoms with Crippen LogP contribution in [-0.4, -0.2) is 49.3 Å². The van der Waals surface area contributed by atoms with Crippen molar-refractivity contribution in [2.45, 2.75) is 76.9 Å². The van der Waals surface area contributed by atoms with Crippen LogP contribution >= 0.6 is 0 Å². The fourth-order valence-electron chi connectivity index (χ4n) is 7.74. The number of halogens is 4. The van der Waals surface area contributed by atoms with Gasteiger partial charge in [0, 0.05) is 70.5 Å². The highest BCUT2D eigenvalue weighted by Gasteiger charge is 2.37. The van der Waals surface area contributed by atoms with Crippen LogP contribution in [-0.2, 0) is 34.9 Å². The lowest BCUT2D eigenvalue weighted by molar-refractivity contribution is -0.136. The molecule has 52 heavy (non-hydrogen) atoms. The number of nitrogens with zero attached hydrogens (tertiary/aromatic N) is 1. The molecule has 2 aromatic heterocycles. The lowest BCUT2D eigenvalue weighted by Gasteiger charge is -2.45. The van der Waals surface area contributed by atoms with Gasteiger partial charge in [0.2, 0.25) is 0 Å². The molecule has 3 aromatic carbocycles. The predicted molar refractivity (Wildman–Crippen MR) is 193 cm³/mol. The molecule has 0 fully saturated rings. The molecule has 11 heteroatoms. The molecular weight excluding hydrogens is 676 g/mol. The Kier molecular flexibility index (Phi) is 10.0. The van der Waals surface area contributed by atoms with E-state index >= 15 is 0 Å². The van der Waals surface area contributed by atoms with Crippen LogP contribution in [0.4, 0.5) is 23.2 Å². The van der Waals surface area contributed by atoms with E-state index in [1.807, 2.05) is 0 Å². The van der Waals surface area contributed by atoms with Crippen molar-refractivity contribution < 1.29 is 36.2 Å². The summed E-state index contributed by atoms with van der Waals surface area (Å²) in [4.78, 5) is 30.1. The van der Waals surface area contributed by atoms with E-state index in [2.05, 4.69) is 48.0 Å². The number of alkyl halides is 3. The summed E-state index contributed by atoms with van der Waals surface area (Å²) in [5.41, 5.74) is 4.62. The number of rotatable bonds is 12. The van der Waals surface area contributed by atoms with Crippen molar-refractivity contribution >= 4 is 33.3 Å². The molecule has 0 radical (unpaired) electrons. The van der Waals surface area contributed by atoms with Crippen LogP contribution in [0.5, 0.6) is 0 Å². The Morgan fingerprint density at radius 2 is 1.67 bits per heavy atom. The van der Waals surface area contributed by atoms with E-state index in [0.29, 0.717) is 63.0 Å². The van der Waals surface area contributed by atoms with Crippen LogP contribution in [0.25, 0.3) is 33.1 Å². The minimum atomic E-state index is -4.66. The maximum absolute atomic E-state index is 14.3. The topological polar surface area (TPSA) is 84.8 Å². The Bertz CT molecular complexity index is 2170. The first-order chi connectivity index (χ1) is 24.9. The molecule has 2 aliphatic rings. The number of Topliss-reactive ketones (excluding diaryl/α,β-unsaturated/α-hetero) is 1. The van der Waals surface area contributed by atoms with Crippen LogP contribution in [0.3, 0.4) is 0 Å². The third kappa shape index (κ3) is 7.39. The first-order valence-corrected chi connectivity index (χ1v) is 18.0. The number of aryl methyl sites for hydroxylation is 3. The van der Waals surface area contributed by atoms with Crippen LogP contribution < -0.4 is 10.5 Å². The van der Waals surface area contributed by atoms with Gasteiger partial charge in [-0.15, -0.1) is 0 Å². The van der Waals surface area contributed by atoms with Crippen molar-refractivity contribution in [2.75, 3.05) is 37.9 Å². The van der Waals surface area contributed by atoms with E-state index in [-0.39, 0.29) is 22.3 Å². The highest BCUT2D eigenvalue weighted by atomic mass is 19.4. The van der Waals surface area contributed by atoms with Crippen LogP contribution in [0.1, 0.15) is 78.6 Å². The summed E-state index contributed by atoms with van der Waals surface area (Å²) in [6.45, 7) is 6.59. The number of anilines is 1. The average Bonchev–Trinajstić information content (AvgIpc) is 3.37. The number of aromatic amines is 1. The summed E-state index contributed by atoms with van der Waals surface area (Å²) in [7, 11) is 0. The molecule has 0 unspecified atom stereocenters. The number of ether oxygens (including phenoxy) is 2. The number of unbranched alkanes of at least 4 members (excludes halogenated alkanes) is 1. The number of hydrogen-bond donors (Lipinski definition) is 1. The van der Waals surface area contributed by atoms with Crippen molar-refractivity contribution in [3.05, 3.63) is 98.7 Å². The molecule has 1 aliphatic carbocycles. The number of ketones is 1. The largest absolute Gasteiger partial charge is 0.423 e. The Morgan fingerprint density at radius 3 is 2.44 bits per heavy atom. The zero-order valence-electron chi connectivity index (χ0n) is 29.4. The molecule has 274 valence electrons. The van der Waals surface area contributed by atoms with Crippen LogP contribution in [0.2, 0.25) is 0 Å². The van der Waals surface area contributed by atoms with Gasteiger partial charge in [-0.25, -0.2) is 9.18 Å². The molecule has 1 N–H and O–H groups in total.